The van der Waals surface area contributed by atoms with Crippen molar-refractivity contribution in [3.8, 4) is 0 Å². The van der Waals surface area contributed by atoms with Crippen molar-refractivity contribution >= 4 is 17.9 Å². The number of aliphatic hydroxyl groups is 1. The average Bonchev–Trinajstić information content (AvgIpc) is 2.97. The van der Waals surface area contributed by atoms with E-state index in [2.05, 4.69) is 0 Å². The van der Waals surface area contributed by atoms with Gasteiger partial charge in [0.25, 0.3) is 0 Å². The van der Waals surface area contributed by atoms with Crippen molar-refractivity contribution in [1.29, 1.82) is 0 Å². The predicted molar refractivity (Wildman–Crippen MR) is 144 cm³/mol. The summed E-state index contributed by atoms with van der Waals surface area (Å²) in [4.78, 5) is 37.1. The van der Waals surface area contributed by atoms with Crippen LogP contribution in [0.5, 0.6) is 0 Å². The molecule has 1 N–H and O–H groups in total. The number of rotatable bonds is 12. The molecule has 10 atom stereocenters. The Balaban J connectivity index is 2.02. The van der Waals surface area contributed by atoms with Crippen LogP contribution in [0.25, 0.3) is 0 Å². The minimum Gasteiger partial charge on any atom is -0.467 e. The number of hydrogen-bond donors (Lipinski definition) is 1. The van der Waals surface area contributed by atoms with Crippen molar-refractivity contribution in [3.05, 3.63) is 35.9 Å². The molecule has 42 heavy (non-hydrogen) atoms. The van der Waals surface area contributed by atoms with Crippen LogP contribution in [-0.2, 0) is 63.6 Å². The molecule has 1 aromatic rings. The van der Waals surface area contributed by atoms with E-state index in [0.29, 0.717) is 0 Å². The molecule has 0 bridgehead atoms. The molecule has 2 heterocycles. The number of methoxy groups -OCH3 is 3. The van der Waals surface area contributed by atoms with E-state index in [1.807, 2.05) is 30.3 Å². The van der Waals surface area contributed by atoms with E-state index in [9.17, 15) is 19.5 Å². The highest BCUT2D eigenvalue weighted by Crippen LogP contribution is 2.42. The number of carbonyl (C=O) groups excluding carboxylic acids is 3. The lowest BCUT2D eigenvalue weighted by Crippen LogP contribution is -2.68. The summed E-state index contributed by atoms with van der Waals surface area (Å²) in [6.07, 6.45) is -9.04. The molecular formula is C29H42O13. The molecular weight excluding hydrogens is 556 g/mol. The Morgan fingerprint density at radius 3 is 2.14 bits per heavy atom. The maximum absolute atomic E-state index is 13.1. The third-order valence-corrected chi connectivity index (χ3v) is 7.69. The van der Waals surface area contributed by atoms with Gasteiger partial charge in [-0.15, -0.1) is 0 Å². The van der Waals surface area contributed by atoms with Crippen molar-refractivity contribution in [1.82, 2.24) is 0 Å². The van der Waals surface area contributed by atoms with Gasteiger partial charge in [0.2, 0.25) is 0 Å². The van der Waals surface area contributed by atoms with Crippen molar-refractivity contribution in [3.63, 3.8) is 0 Å². The van der Waals surface area contributed by atoms with Gasteiger partial charge in [-0.2, -0.15) is 0 Å². The first-order valence-electron chi connectivity index (χ1n) is 13.8. The van der Waals surface area contributed by atoms with E-state index in [0.717, 1.165) is 5.56 Å². The Morgan fingerprint density at radius 1 is 0.929 bits per heavy atom. The third kappa shape index (κ3) is 7.46. The van der Waals surface area contributed by atoms with Crippen LogP contribution in [0.15, 0.2) is 30.3 Å². The second-order valence-corrected chi connectivity index (χ2v) is 10.2. The van der Waals surface area contributed by atoms with Crippen LogP contribution in [0.1, 0.15) is 39.7 Å². The Labute approximate surface area is 245 Å². The number of carbonyl (C=O) groups is 3. The van der Waals surface area contributed by atoms with Crippen molar-refractivity contribution in [2.45, 2.75) is 95.5 Å². The van der Waals surface area contributed by atoms with Crippen LogP contribution in [-0.4, -0.2) is 106 Å². The predicted octanol–water partition coefficient (Wildman–Crippen LogP) is 1.51. The van der Waals surface area contributed by atoms with E-state index in [1.54, 1.807) is 13.8 Å². The highest BCUT2D eigenvalue weighted by atomic mass is 16.8. The van der Waals surface area contributed by atoms with Crippen molar-refractivity contribution < 1.29 is 62.1 Å². The molecule has 0 aliphatic carbocycles. The van der Waals surface area contributed by atoms with Gasteiger partial charge in [0.05, 0.1) is 19.8 Å². The van der Waals surface area contributed by atoms with E-state index >= 15 is 0 Å². The second kappa shape index (κ2) is 15.2. The highest BCUT2D eigenvalue weighted by Gasteiger charge is 2.60. The molecule has 0 saturated carbocycles. The third-order valence-electron chi connectivity index (χ3n) is 7.69. The van der Waals surface area contributed by atoms with Gasteiger partial charge < -0.3 is 47.7 Å². The molecule has 5 unspecified atom stereocenters. The first-order chi connectivity index (χ1) is 20.0. The second-order valence-electron chi connectivity index (χ2n) is 10.2. The number of hydrogen-bond acceptors (Lipinski definition) is 13. The molecule has 0 spiro atoms. The van der Waals surface area contributed by atoms with Crippen LogP contribution in [0.3, 0.4) is 0 Å². The van der Waals surface area contributed by atoms with Gasteiger partial charge in [-0.3, -0.25) is 9.59 Å². The van der Waals surface area contributed by atoms with Gasteiger partial charge in [-0.1, -0.05) is 44.2 Å². The zero-order valence-corrected chi connectivity index (χ0v) is 25.1. The van der Waals surface area contributed by atoms with E-state index in [4.69, 9.17) is 42.6 Å². The molecule has 0 amide bonds. The van der Waals surface area contributed by atoms with Crippen molar-refractivity contribution in [2.75, 3.05) is 27.9 Å². The number of benzene rings is 1. The first-order valence-corrected chi connectivity index (χ1v) is 13.8. The summed E-state index contributed by atoms with van der Waals surface area (Å²) < 4.78 is 52.0. The smallest absolute Gasteiger partial charge is 0.338 e. The molecule has 0 radical (unpaired) electrons. The summed E-state index contributed by atoms with van der Waals surface area (Å²) in [7, 11) is 4.17. The Hall–Kier alpha value is -2.65. The zero-order valence-electron chi connectivity index (χ0n) is 25.1. The molecule has 3 rings (SSSR count). The van der Waals surface area contributed by atoms with E-state index in [-0.39, 0.29) is 19.6 Å². The summed E-state index contributed by atoms with van der Waals surface area (Å²) in [6, 6.07) is 9.17. The maximum Gasteiger partial charge on any atom is 0.338 e. The van der Waals surface area contributed by atoms with Crippen LogP contribution in [0.4, 0.5) is 0 Å². The molecule has 2 aliphatic heterocycles. The minimum atomic E-state index is -1.58. The van der Waals surface area contributed by atoms with Gasteiger partial charge in [-0.05, 0) is 12.0 Å². The zero-order chi connectivity index (χ0) is 31.0. The lowest BCUT2D eigenvalue weighted by atomic mass is 9.77. The molecule has 2 aliphatic rings. The van der Waals surface area contributed by atoms with Gasteiger partial charge in [0.1, 0.15) is 31.0 Å². The van der Waals surface area contributed by atoms with Gasteiger partial charge >= 0.3 is 17.9 Å². The summed E-state index contributed by atoms with van der Waals surface area (Å²) >= 11 is 0. The first kappa shape index (κ1) is 33.8. The fourth-order valence-corrected chi connectivity index (χ4v) is 5.55. The summed E-state index contributed by atoms with van der Waals surface area (Å²) in [5, 5.41) is 11.0. The molecule has 13 nitrogen and oxygen atoms in total. The number of esters is 3. The fraction of sp³-hybridized carbons (Fsp3) is 0.690. The summed E-state index contributed by atoms with van der Waals surface area (Å²) in [5.41, 5.74) is -0.682. The van der Waals surface area contributed by atoms with Crippen LogP contribution in [0, 0.1) is 5.92 Å². The summed E-state index contributed by atoms with van der Waals surface area (Å²) in [5.74, 6) is -2.44. The lowest BCUT2D eigenvalue weighted by Gasteiger charge is -2.51. The molecule has 2 saturated heterocycles. The monoisotopic (exact) mass is 598 g/mol. The van der Waals surface area contributed by atoms with Gasteiger partial charge in [0, 0.05) is 34.0 Å². The lowest BCUT2D eigenvalue weighted by molar-refractivity contribution is -0.369. The van der Waals surface area contributed by atoms with Crippen LogP contribution in [0.2, 0.25) is 0 Å². The summed E-state index contributed by atoms with van der Waals surface area (Å²) in [6.45, 7) is 5.66. The number of aliphatic hydroxyl groups excluding tert-OH is 1. The average molecular weight is 599 g/mol. The standard InChI is InChI=1S/C29H42O13/c1-8-29(28(33)36-7)16(2)21(34-5)25(35-6)27(42-29)41-22-20(15-37-17(3)30)40-26(32)24(23(22)39-18(4)31)38-14-19-12-10-9-11-13-19/h9-13,16,20-27,32H,8,14-15H2,1-7H3/t16-,20?,21-,22+,23-,24?,25?,26?,27+,29?/m0/s1. The van der Waals surface area contributed by atoms with Gasteiger partial charge in [0.15, 0.2) is 24.3 Å². The largest absolute Gasteiger partial charge is 0.467 e. The molecule has 0 aromatic heterocycles. The molecule has 2 fully saturated rings. The topological polar surface area (TPSA) is 155 Å². The maximum atomic E-state index is 13.1. The SMILES string of the molecule is CCC1(C(=O)OC)O[C@@H](O[C@@H]2C(COC(C)=O)OC(O)C(OCc3ccccc3)[C@H]2OC(C)=O)C(OC)[C@@H](OC)[C@@H]1C. The van der Waals surface area contributed by atoms with E-state index in [1.165, 1.54) is 35.2 Å². The normalized spacial score (nSPS) is 34.8. The Bertz CT molecular complexity index is 1040. The molecule has 13 heteroatoms. The van der Waals surface area contributed by atoms with E-state index < -0.39 is 78.6 Å². The number of ether oxygens (including phenoxy) is 9. The minimum absolute atomic E-state index is 0.0518. The fourth-order valence-electron chi connectivity index (χ4n) is 5.55. The van der Waals surface area contributed by atoms with Crippen LogP contribution < -0.4 is 0 Å². The Morgan fingerprint density at radius 2 is 1.60 bits per heavy atom. The molecule has 236 valence electrons. The highest BCUT2D eigenvalue weighted by molar-refractivity contribution is 5.80. The quantitative estimate of drug-likeness (QED) is 0.273. The Kier molecular flexibility index (Phi) is 12.2. The molecule has 1 aromatic carbocycles. The van der Waals surface area contributed by atoms with Crippen LogP contribution >= 0.6 is 0 Å². The van der Waals surface area contributed by atoms with Gasteiger partial charge in [-0.25, -0.2) is 4.79 Å². The van der Waals surface area contributed by atoms with Crippen molar-refractivity contribution in [2.24, 2.45) is 5.92 Å².